The number of fused-ring (bicyclic) bond motifs is 3. The molecule has 0 aromatic heterocycles. The Hall–Kier alpha value is -3.17. The molecule has 186 valence electrons. The summed E-state index contributed by atoms with van der Waals surface area (Å²) < 4.78 is 0. The van der Waals surface area contributed by atoms with E-state index in [4.69, 9.17) is 5.73 Å². The molecule has 0 heterocycles. The van der Waals surface area contributed by atoms with Gasteiger partial charge in [-0.05, 0) is 67.8 Å². The van der Waals surface area contributed by atoms with Gasteiger partial charge in [-0.2, -0.15) is 0 Å². The molecule has 0 spiro atoms. The maximum absolute atomic E-state index is 13.9. The zero-order valence-electron chi connectivity index (χ0n) is 19.7. The predicted molar refractivity (Wildman–Crippen MR) is 125 cm³/mol. The molecule has 2 fully saturated rings. The second-order valence-corrected chi connectivity index (χ2v) is 10.0. The van der Waals surface area contributed by atoms with Crippen molar-refractivity contribution in [2.45, 2.75) is 57.1 Å². The lowest BCUT2D eigenvalue weighted by atomic mass is 9.57. The highest BCUT2D eigenvalue weighted by molar-refractivity contribution is 6.24. The van der Waals surface area contributed by atoms with E-state index in [0.717, 1.165) is 24.0 Å². The van der Waals surface area contributed by atoms with Gasteiger partial charge in [-0.3, -0.25) is 19.3 Å². The lowest BCUT2D eigenvalue weighted by Crippen LogP contribution is -2.66. The SMILES string of the molecule is CCN(CC)C1C(=O)C(C(N)=O)=C(O)C2(O)C(=O)C3=C(O)c4c(O)ccc(C5CC5)c4CC3CC12. The van der Waals surface area contributed by atoms with Crippen molar-refractivity contribution in [1.29, 1.82) is 0 Å². The topological polar surface area (TPSA) is 161 Å². The number of benzene rings is 1. The summed E-state index contributed by atoms with van der Waals surface area (Å²) in [5, 5.41) is 44.5. The van der Waals surface area contributed by atoms with Gasteiger partial charge in [0.05, 0.1) is 11.6 Å². The Morgan fingerprint density at radius 1 is 1.11 bits per heavy atom. The standard InChI is InChI=1S/C26H30N2O7/c1-3-28(4-2)20-15-10-12-9-14-13(11-5-6-11)7-8-16(29)18(14)21(30)17(12)23(32)26(15,35)24(33)19(22(20)31)25(27)34/h7-8,11-12,15,20,29-30,33,35H,3-6,9-10H2,1-2H3,(H2,27,34). The van der Waals surface area contributed by atoms with Gasteiger partial charge in [0.2, 0.25) is 5.78 Å². The van der Waals surface area contributed by atoms with Crippen molar-refractivity contribution >= 4 is 23.2 Å². The van der Waals surface area contributed by atoms with Crippen LogP contribution in [0.1, 0.15) is 55.7 Å². The molecule has 9 nitrogen and oxygen atoms in total. The lowest BCUT2D eigenvalue weighted by molar-refractivity contribution is -0.154. The van der Waals surface area contributed by atoms with Crippen LogP contribution in [0.5, 0.6) is 5.75 Å². The number of nitrogens with two attached hydrogens (primary N) is 1. The molecule has 1 aromatic carbocycles. The highest BCUT2D eigenvalue weighted by Gasteiger charge is 2.64. The van der Waals surface area contributed by atoms with Gasteiger partial charge in [0.15, 0.2) is 11.4 Å². The van der Waals surface area contributed by atoms with Gasteiger partial charge in [-0.25, -0.2) is 0 Å². The second kappa shape index (κ2) is 7.93. The summed E-state index contributed by atoms with van der Waals surface area (Å²) in [6.45, 7) is 4.45. The number of likely N-dealkylation sites (N-methyl/N-ethyl adjacent to an activating group) is 1. The third-order valence-corrected chi connectivity index (χ3v) is 8.31. The fourth-order valence-electron chi connectivity index (χ4n) is 6.49. The monoisotopic (exact) mass is 482 g/mol. The average Bonchev–Trinajstić information content (AvgIpc) is 3.64. The number of carbonyl (C=O) groups is 3. The largest absolute Gasteiger partial charge is 0.508 e. The Kier molecular flexibility index (Phi) is 5.34. The Bertz CT molecular complexity index is 1220. The molecular formula is C26H30N2O7. The van der Waals surface area contributed by atoms with E-state index in [-0.39, 0.29) is 23.3 Å². The van der Waals surface area contributed by atoms with Crippen LogP contribution in [-0.4, -0.2) is 67.5 Å². The van der Waals surface area contributed by atoms with Gasteiger partial charge in [-0.15, -0.1) is 0 Å². The van der Waals surface area contributed by atoms with Crippen LogP contribution in [0.2, 0.25) is 0 Å². The third kappa shape index (κ3) is 3.11. The lowest BCUT2D eigenvalue weighted by Gasteiger charge is -2.51. The molecule has 4 unspecified atom stereocenters. The van der Waals surface area contributed by atoms with Crippen molar-refractivity contribution in [3.05, 3.63) is 45.7 Å². The number of hydrogen-bond acceptors (Lipinski definition) is 8. The highest BCUT2D eigenvalue weighted by atomic mass is 16.3. The quantitative estimate of drug-likeness (QED) is 0.396. The number of ketones is 2. The van der Waals surface area contributed by atoms with Crippen molar-refractivity contribution in [3.63, 3.8) is 0 Å². The average molecular weight is 483 g/mol. The third-order valence-electron chi connectivity index (χ3n) is 8.31. The number of hydrogen-bond donors (Lipinski definition) is 5. The first-order valence-corrected chi connectivity index (χ1v) is 12.1. The molecule has 2 saturated carbocycles. The molecule has 4 atom stereocenters. The minimum Gasteiger partial charge on any atom is -0.508 e. The van der Waals surface area contributed by atoms with Gasteiger partial charge < -0.3 is 26.2 Å². The van der Waals surface area contributed by atoms with Crippen molar-refractivity contribution < 1.29 is 34.8 Å². The van der Waals surface area contributed by atoms with Crippen molar-refractivity contribution in [2.75, 3.05) is 13.1 Å². The molecule has 5 rings (SSSR count). The van der Waals surface area contributed by atoms with E-state index in [9.17, 15) is 34.8 Å². The van der Waals surface area contributed by atoms with Crippen molar-refractivity contribution in [3.8, 4) is 5.75 Å². The summed E-state index contributed by atoms with van der Waals surface area (Å²) in [6, 6.07) is 2.29. The number of nitrogens with zero attached hydrogens (tertiary/aromatic N) is 1. The van der Waals surface area contributed by atoms with Crippen LogP contribution < -0.4 is 5.73 Å². The first kappa shape index (κ1) is 23.6. The van der Waals surface area contributed by atoms with Crippen LogP contribution in [0.3, 0.4) is 0 Å². The van der Waals surface area contributed by atoms with Crippen LogP contribution in [0.25, 0.3) is 5.76 Å². The molecular weight excluding hydrogens is 452 g/mol. The number of aliphatic hydroxyl groups is 3. The van der Waals surface area contributed by atoms with Crippen LogP contribution in [-0.2, 0) is 20.8 Å². The Balaban J connectivity index is 1.73. The first-order chi connectivity index (χ1) is 16.6. The van der Waals surface area contributed by atoms with Crippen molar-refractivity contribution in [1.82, 2.24) is 4.90 Å². The van der Waals surface area contributed by atoms with Gasteiger partial charge in [0.25, 0.3) is 5.91 Å². The molecule has 0 radical (unpaired) electrons. The van der Waals surface area contributed by atoms with Gasteiger partial charge in [-0.1, -0.05) is 19.9 Å². The van der Waals surface area contributed by atoms with E-state index in [2.05, 4.69) is 0 Å². The van der Waals surface area contributed by atoms with Crippen LogP contribution >= 0.6 is 0 Å². The maximum Gasteiger partial charge on any atom is 0.255 e. The summed E-state index contributed by atoms with van der Waals surface area (Å²) in [6.07, 6.45) is 2.48. The molecule has 6 N–H and O–H groups in total. The smallest absolute Gasteiger partial charge is 0.255 e. The molecule has 0 bridgehead atoms. The maximum atomic E-state index is 13.9. The fraction of sp³-hybridized carbons (Fsp3) is 0.500. The molecule has 1 amide bonds. The number of Topliss-reactive ketones (excluding diaryl/α,β-unsaturated/α-hetero) is 2. The van der Waals surface area contributed by atoms with Gasteiger partial charge in [0, 0.05) is 11.5 Å². The van der Waals surface area contributed by atoms with E-state index >= 15 is 0 Å². The molecule has 4 aliphatic carbocycles. The summed E-state index contributed by atoms with van der Waals surface area (Å²) in [5.41, 5.74) is 3.86. The molecule has 4 aliphatic rings. The predicted octanol–water partition coefficient (Wildman–Crippen LogP) is 1.62. The normalized spacial score (nSPS) is 30.3. The number of amides is 1. The molecule has 9 heteroatoms. The van der Waals surface area contributed by atoms with E-state index in [1.54, 1.807) is 4.90 Å². The van der Waals surface area contributed by atoms with E-state index in [1.165, 1.54) is 6.07 Å². The molecule has 0 saturated heterocycles. The minimum atomic E-state index is -2.60. The van der Waals surface area contributed by atoms with E-state index in [0.29, 0.717) is 25.4 Å². The second-order valence-electron chi connectivity index (χ2n) is 10.0. The number of phenolic OH excluding ortho intramolecular Hbond substituents is 1. The zero-order chi connectivity index (χ0) is 25.4. The van der Waals surface area contributed by atoms with Crippen LogP contribution in [0.4, 0.5) is 0 Å². The molecule has 1 aromatic rings. The summed E-state index contributed by atoms with van der Waals surface area (Å²) in [5.74, 6) is -5.84. The van der Waals surface area contributed by atoms with Gasteiger partial charge in [0.1, 0.15) is 22.8 Å². The van der Waals surface area contributed by atoms with E-state index < -0.39 is 58.0 Å². The summed E-state index contributed by atoms with van der Waals surface area (Å²) in [4.78, 5) is 41.2. The highest BCUT2D eigenvalue weighted by Crippen LogP contribution is 2.54. The van der Waals surface area contributed by atoms with Gasteiger partial charge >= 0.3 is 0 Å². The van der Waals surface area contributed by atoms with Crippen LogP contribution in [0, 0.1) is 11.8 Å². The number of carbonyl (C=O) groups excluding carboxylic acids is 3. The minimum absolute atomic E-state index is 0.109. The van der Waals surface area contributed by atoms with Crippen molar-refractivity contribution in [2.24, 2.45) is 17.6 Å². The number of primary amides is 1. The summed E-state index contributed by atoms with van der Waals surface area (Å²) in [7, 11) is 0. The van der Waals surface area contributed by atoms with E-state index in [1.807, 2.05) is 19.9 Å². The Labute approximate surface area is 202 Å². The molecule has 0 aliphatic heterocycles. The zero-order valence-corrected chi connectivity index (χ0v) is 19.7. The first-order valence-electron chi connectivity index (χ1n) is 12.1. The summed E-state index contributed by atoms with van der Waals surface area (Å²) >= 11 is 0. The number of rotatable bonds is 5. The fourth-order valence-corrected chi connectivity index (χ4v) is 6.49. The number of aliphatic hydroxyl groups excluding tert-OH is 2. The Morgan fingerprint density at radius 3 is 2.34 bits per heavy atom. The Morgan fingerprint density at radius 2 is 1.77 bits per heavy atom. The number of phenols is 1. The molecule has 35 heavy (non-hydrogen) atoms. The van der Waals surface area contributed by atoms with Crippen LogP contribution in [0.15, 0.2) is 29.0 Å². The number of aromatic hydroxyl groups is 1.